The van der Waals surface area contributed by atoms with Gasteiger partial charge in [0.15, 0.2) is 0 Å². The molecule has 0 fully saturated rings. The van der Waals surface area contributed by atoms with E-state index in [9.17, 15) is 4.79 Å². The summed E-state index contributed by atoms with van der Waals surface area (Å²) in [4.78, 5) is 9.98. The van der Waals surface area contributed by atoms with Crippen LogP contribution < -0.4 is 0 Å². The zero-order valence-electron chi connectivity index (χ0n) is 10.3. The first kappa shape index (κ1) is 14.5. The number of carbonyl (C=O) groups is 1. The minimum atomic E-state index is 0.550. The molecule has 0 bridgehead atoms. The van der Waals surface area contributed by atoms with Crippen LogP contribution in [-0.4, -0.2) is 13.1 Å². The quantitative estimate of drug-likeness (QED) is 0.385. The number of unbranched alkanes of at least 4 members (excludes halogenated alkanes) is 4. The molecule has 0 aromatic rings. The van der Waals surface area contributed by atoms with Crippen LogP contribution in [0.15, 0.2) is 0 Å². The van der Waals surface area contributed by atoms with Gasteiger partial charge in [-0.1, -0.05) is 58.8 Å². The molecule has 15 heavy (non-hydrogen) atoms. The van der Waals surface area contributed by atoms with Crippen molar-refractivity contribution < 1.29 is 9.53 Å². The lowest BCUT2D eigenvalue weighted by atomic mass is 9.95. The summed E-state index contributed by atoms with van der Waals surface area (Å²) in [6, 6.07) is 0. The van der Waals surface area contributed by atoms with Gasteiger partial charge in [0.2, 0.25) is 0 Å². The lowest BCUT2D eigenvalue weighted by Crippen LogP contribution is -2.04. The van der Waals surface area contributed by atoms with Crippen molar-refractivity contribution in [2.45, 2.75) is 65.2 Å². The fraction of sp³-hybridized carbons (Fsp3) is 0.923. The van der Waals surface area contributed by atoms with Crippen LogP contribution in [0.25, 0.3) is 0 Å². The maximum atomic E-state index is 9.98. The highest BCUT2D eigenvalue weighted by Gasteiger charge is 2.05. The third kappa shape index (κ3) is 9.77. The monoisotopic (exact) mass is 214 g/mol. The van der Waals surface area contributed by atoms with E-state index in [0.29, 0.717) is 13.1 Å². The van der Waals surface area contributed by atoms with Crippen molar-refractivity contribution in [1.82, 2.24) is 0 Å². The molecule has 0 spiro atoms. The molecule has 0 radical (unpaired) electrons. The summed E-state index contributed by atoms with van der Waals surface area (Å²) in [6.07, 6.45) is 10.3. The highest BCUT2D eigenvalue weighted by atomic mass is 16.5. The molecule has 0 rings (SSSR count). The van der Waals surface area contributed by atoms with Crippen LogP contribution >= 0.6 is 0 Å². The average molecular weight is 214 g/mol. The first-order valence-corrected chi connectivity index (χ1v) is 6.40. The fourth-order valence-electron chi connectivity index (χ4n) is 1.87. The zero-order valence-corrected chi connectivity index (χ0v) is 10.3. The van der Waals surface area contributed by atoms with Gasteiger partial charge in [0.05, 0.1) is 6.61 Å². The van der Waals surface area contributed by atoms with E-state index in [4.69, 9.17) is 4.74 Å². The molecule has 1 unspecified atom stereocenters. The zero-order chi connectivity index (χ0) is 11.4. The van der Waals surface area contributed by atoms with Gasteiger partial charge in [0, 0.05) is 0 Å². The molecule has 2 nitrogen and oxygen atoms in total. The van der Waals surface area contributed by atoms with Crippen LogP contribution in [0.5, 0.6) is 0 Å². The predicted molar refractivity (Wildman–Crippen MR) is 63.8 cm³/mol. The molecule has 0 aliphatic heterocycles. The van der Waals surface area contributed by atoms with E-state index in [1.807, 2.05) is 0 Å². The molecule has 2 heteroatoms. The number of carbonyl (C=O) groups excluding carboxylic acids is 1. The summed E-state index contributed by atoms with van der Waals surface area (Å²) < 4.78 is 4.73. The maximum absolute atomic E-state index is 9.98. The average Bonchev–Trinajstić information content (AvgIpc) is 2.26. The molecule has 0 aromatic heterocycles. The van der Waals surface area contributed by atoms with Crippen molar-refractivity contribution in [2.75, 3.05) is 6.61 Å². The first-order valence-electron chi connectivity index (χ1n) is 6.40. The van der Waals surface area contributed by atoms with E-state index in [-0.39, 0.29) is 0 Å². The Balaban J connectivity index is 3.31. The standard InChI is InChI=1S/C13H26O2/c1-3-5-6-7-8-9-13(4-2)10-11-15-12-14/h12-13H,3-11H2,1-2H3. The lowest BCUT2D eigenvalue weighted by Gasteiger charge is -2.13. The van der Waals surface area contributed by atoms with E-state index in [1.54, 1.807) is 0 Å². The lowest BCUT2D eigenvalue weighted by molar-refractivity contribution is -0.129. The molecule has 0 aromatic carbocycles. The van der Waals surface area contributed by atoms with Crippen LogP contribution in [0.2, 0.25) is 0 Å². The van der Waals surface area contributed by atoms with E-state index < -0.39 is 0 Å². The minimum Gasteiger partial charge on any atom is -0.468 e. The molecule has 0 aliphatic rings. The third-order valence-electron chi connectivity index (χ3n) is 3.01. The van der Waals surface area contributed by atoms with Crippen LogP contribution in [0, 0.1) is 5.92 Å². The van der Waals surface area contributed by atoms with Crippen molar-refractivity contribution in [3.8, 4) is 0 Å². The molecular formula is C13H26O2. The van der Waals surface area contributed by atoms with Crippen LogP contribution in [0.4, 0.5) is 0 Å². The molecule has 0 aliphatic carbocycles. The molecule has 90 valence electrons. The van der Waals surface area contributed by atoms with E-state index in [0.717, 1.165) is 12.3 Å². The van der Waals surface area contributed by atoms with Crippen molar-refractivity contribution >= 4 is 6.47 Å². The molecule has 0 saturated heterocycles. The van der Waals surface area contributed by atoms with Gasteiger partial charge in [0.1, 0.15) is 0 Å². The Morgan fingerprint density at radius 1 is 1.07 bits per heavy atom. The summed E-state index contributed by atoms with van der Waals surface area (Å²) >= 11 is 0. The number of hydrogen-bond donors (Lipinski definition) is 0. The van der Waals surface area contributed by atoms with Crippen molar-refractivity contribution in [3.63, 3.8) is 0 Å². The summed E-state index contributed by atoms with van der Waals surface area (Å²) in [5.41, 5.74) is 0. The van der Waals surface area contributed by atoms with Crippen molar-refractivity contribution in [3.05, 3.63) is 0 Å². The van der Waals surface area contributed by atoms with Gasteiger partial charge in [-0.2, -0.15) is 0 Å². The Kier molecular flexibility index (Phi) is 11.1. The number of rotatable bonds is 11. The third-order valence-corrected chi connectivity index (χ3v) is 3.01. The smallest absolute Gasteiger partial charge is 0.293 e. The normalized spacial score (nSPS) is 12.4. The van der Waals surface area contributed by atoms with Gasteiger partial charge in [-0.05, 0) is 12.3 Å². The van der Waals surface area contributed by atoms with E-state index >= 15 is 0 Å². The van der Waals surface area contributed by atoms with Crippen molar-refractivity contribution in [2.24, 2.45) is 5.92 Å². The van der Waals surface area contributed by atoms with Crippen LogP contribution in [-0.2, 0) is 9.53 Å². The summed E-state index contributed by atoms with van der Waals surface area (Å²) in [6.45, 7) is 5.61. The van der Waals surface area contributed by atoms with Gasteiger partial charge in [-0.3, -0.25) is 4.79 Å². The predicted octanol–water partition coefficient (Wildman–Crippen LogP) is 3.94. The Labute approximate surface area is 94.4 Å². The van der Waals surface area contributed by atoms with Crippen molar-refractivity contribution in [1.29, 1.82) is 0 Å². The largest absolute Gasteiger partial charge is 0.468 e. The Hall–Kier alpha value is -0.530. The molecular weight excluding hydrogens is 188 g/mol. The topological polar surface area (TPSA) is 26.3 Å². The summed E-state index contributed by atoms with van der Waals surface area (Å²) in [7, 11) is 0. The fourth-order valence-corrected chi connectivity index (χ4v) is 1.87. The summed E-state index contributed by atoms with van der Waals surface area (Å²) in [5.74, 6) is 0.742. The second kappa shape index (κ2) is 11.5. The van der Waals surface area contributed by atoms with E-state index in [1.165, 1.54) is 44.9 Å². The minimum absolute atomic E-state index is 0.550. The Morgan fingerprint density at radius 2 is 1.80 bits per heavy atom. The summed E-state index contributed by atoms with van der Waals surface area (Å²) in [5, 5.41) is 0. The second-order valence-corrected chi connectivity index (χ2v) is 4.23. The van der Waals surface area contributed by atoms with Crippen LogP contribution in [0.3, 0.4) is 0 Å². The molecule has 0 saturated carbocycles. The molecule has 0 amide bonds. The van der Waals surface area contributed by atoms with Gasteiger partial charge < -0.3 is 4.74 Å². The SMILES string of the molecule is CCCCCCCC(CC)CCOC=O. The number of ether oxygens (including phenoxy) is 1. The maximum Gasteiger partial charge on any atom is 0.293 e. The van der Waals surface area contributed by atoms with Gasteiger partial charge in [-0.25, -0.2) is 0 Å². The highest BCUT2D eigenvalue weighted by molar-refractivity contribution is 5.36. The van der Waals surface area contributed by atoms with Gasteiger partial charge in [-0.15, -0.1) is 0 Å². The Bertz CT molecular complexity index is 134. The highest BCUT2D eigenvalue weighted by Crippen LogP contribution is 2.17. The van der Waals surface area contributed by atoms with E-state index in [2.05, 4.69) is 13.8 Å². The van der Waals surface area contributed by atoms with Gasteiger partial charge in [0.25, 0.3) is 6.47 Å². The van der Waals surface area contributed by atoms with Gasteiger partial charge >= 0.3 is 0 Å². The Morgan fingerprint density at radius 3 is 2.40 bits per heavy atom. The first-order chi connectivity index (χ1) is 7.35. The molecule has 0 heterocycles. The molecule has 1 atom stereocenters. The number of hydrogen-bond acceptors (Lipinski definition) is 2. The second-order valence-electron chi connectivity index (χ2n) is 4.23. The van der Waals surface area contributed by atoms with Crippen LogP contribution in [0.1, 0.15) is 65.2 Å². The molecule has 0 N–H and O–H groups in total.